The van der Waals surface area contributed by atoms with Gasteiger partial charge in [0.2, 0.25) is 5.91 Å². The lowest BCUT2D eigenvalue weighted by atomic mass is 10.0. The zero-order valence-electron chi connectivity index (χ0n) is 20.3. The molecule has 190 valence electrons. The molecule has 1 aliphatic carbocycles. The van der Waals surface area contributed by atoms with Crippen molar-refractivity contribution >= 4 is 41.0 Å². The van der Waals surface area contributed by atoms with Gasteiger partial charge < -0.3 is 19.9 Å². The van der Waals surface area contributed by atoms with Crippen LogP contribution in [0, 0.1) is 5.92 Å². The van der Waals surface area contributed by atoms with Crippen LogP contribution in [0.4, 0.5) is 16.3 Å². The van der Waals surface area contributed by atoms with Crippen molar-refractivity contribution in [3.8, 4) is 17.1 Å². The van der Waals surface area contributed by atoms with Gasteiger partial charge in [0.1, 0.15) is 30.3 Å². The maximum atomic E-state index is 13.4. The van der Waals surface area contributed by atoms with Crippen molar-refractivity contribution in [2.24, 2.45) is 11.7 Å². The summed E-state index contributed by atoms with van der Waals surface area (Å²) in [7, 11) is 0. The number of aromatic nitrogens is 2. The van der Waals surface area contributed by atoms with E-state index in [1.165, 1.54) is 9.80 Å². The van der Waals surface area contributed by atoms with Crippen molar-refractivity contribution in [1.82, 2.24) is 14.5 Å². The average molecular weight is 513 g/mol. The number of rotatable bonds is 5. The van der Waals surface area contributed by atoms with E-state index in [-0.39, 0.29) is 35.8 Å². The van der Waals surface area contributed by atoms with Gasteiger partial charge in [0, 0.05) is 24.3 Å². The summed E-state index contributed by atoms with van der Waals surface area (Å²) in [6.07, 6.45) is 3.30. The van der Waals surface area contributed by atoms with Crippen LogP contribution >= 0.6 is 11.6 Å². The summed E-state index contributed by atoms with van der Waals surface area (Å²) in [6, 6.07) is 4.38. The molecule has 3 aliphatic heterocycles. The standard InChI is InChI=1S/C25H29ClN6O4/c1-13(2)19-24(34)31(14-5-6-14)25(35)32(19)23-20(26)30-10-11-36-18-12-15(7-8-16(18)22(30)28-23)29-9-3-4-17(29)21(27)33/h7-8,12-14,17,19H,3-6,9-11H2,1-2H3,(H2,27,33)/t17-,19?/m0/s1. The second kappa shape index (κ2) is 8.40. The number of hydrogen-bond donors (Lipinski definition) is 1. The minimum atomic E-state index is -0.645. The third-order valence-electron chi connectivity index (χ3n) is 7.53. The molecule has 2 saturated heterocycles. The predicted molar refractivity (Wildman–Crippen MR) is 134 cm³/mol. The smallest absolute Gasteiger partial charge is 0.333 e. The van der Waals surface area contributed by atoms with Gasteiger partial charge in [-0.05, 0) is 43.7 Å². The predicted octanol–water partition coefficient (Wildman–Crippen LogP) is 3.01. The van der Waals surface area contributed by atoms with Crippen LogP contribution in [-0.4, -0.2) is 63.6 Å². The maximum Gasteiger partial charge on any atom is 0.333 e. The summed E-state index contributed by atoms with van der Waals surface area (Å²) in [6.45, 7) is 5.39. The molecule has 10 nitrogen and oxygen atoms in total. The monoisotopic (exact) mass is 512 g/mol. The Kier molecular flexibility index (Phi) is 5.40. The van der Waals surface area contributed by atoms with Crippen LogP contribution in [0.25, 0.3) is 11.4 Å². The van der Waals surface area contributed by atoms with Crippen LogP contribution in [-0.2, 0) is 16.1 Å². The van der Waals surface area contributed by atoms with Gasteiger partial charge in [-0.25, -0.2) is 9.78 Å². The SMILES string of the molecule is CC(C)C1C(=O)N(C2CC2)C(=O)N1c1nc2n(c1Cl)CCOc1cc(N3CCC[C@H]3C(N)=O)ccc1-2. The summed E-state index contributed by atoms with van der Waals surface area (Å²) in [5.74, 6) is 0.893. The third-order valence-corrected chi connectivity index (χ3v) is 7.91. The molecule has 4 heterocycles. The number of carbonyl (C=O) groups is 3. The summed E-state index contributed by atoms with van der Waals surface area (Å²) < 4.78 is 7.89. The number of nitrogens with two attached hydrogens (primary N) is 1. The largest absolute Gasteiger partial charge is 0.491 e. The Bertz CT molecular complexity index is 1270. The molecule has 1 aromatic carbocycles. The number of fused-ring (bicyclic) bond motifs is 3. The summed E-state index contributed by atoms with van der Waals surface area (Å²) in [5.41, 5.74) is 7.21. The lowest BCUT2D eigenvalue weighted by Gasteiger charge is -2.25. The van der Waals surface area contributed by atoms with Crippen LogP contribution in [0.3, 0.4) is 0 Å². The zero-order chi connectivity index (χ0) is 25.3. The summed E-state index contributed by atoms with van der Waals surface area (Å²) in [4.78, 5) is 48.2. The first-order valence-corrected chi connectivity index (χ1v) is 12.9. The Morgan fingerprint density at radius 1 is 1.17 bits per heavy atom. The van der Waals surface area contributed by atoms with Gasteiger partial charge in [-0.15, -0.1) is 0 Å². The van der Waals surface area contributed by atoms with E-state index in [1.54, 1.807) is 0 Å². The first-order valence-electron chi connectivity index (χ1n) is 12.5. The van der Waals surface area contributed by atoms with Crippen molar-refractivity contribution in [3.63, 3.8) is 0 Å². The van der Waals surface area contributed by atoms with Crippen molar-refractivity contribution in [1.29, 1.82) is 0 Å². The Morgan fingerprint density at radius 3 is 2.64 bits per heavy atom. The number of benzene rings is 1. The molecule has 2 aromatic rings. The number of halogens is 1. The molecular weight excluding hydrogens is 484 g/mol. The molecule has 6 rings (SSSR count). The van der Waals surface area contributed by atoms with E-state index < -0.39 is 6.04 Å². The highest BCUT2D eigenvalue weighted by atomic mass is 35.5. The minimum Gasteiger partial charge on any atom is -0.491 e. The fourth-order valence-electron chi connectivity index (χ4n) is 5.65. The van der Waals surface area contributed by atoms with Crippen LogP contribution in [0.5, 0.6) is 5.75 Å². The average Bonchev–Trinajstić information content (AvgIpc) is 3.40. The van der Waals surface area contributed by atoms with Gasteiger partial charge in [0.25, 0.3) is 5.91 Å². The number of carbonyl (C=O) groups excluding carboxylic acids is 3. The van der Waals surface area contributed by atoms with Gasteiger partial charge in [0.15, 0.2) is 11.0 Å². The minimum absolute atomic E-state index is 0.0298. The van der Waals surface area contributed by atoms with Crippen molar-refractivity contribution in [3.05, 3.63) is 23.4 Å². The van der Waals surface area contributed by atoms with Crippen LogP contribution in [0.1, 0.15) is 39.5 Å². The van der Waals surface area contributed by atoms with E-state index >= 15 is 0 Å². The molecule has 2 N–H and O–H groups in total. The van der Waals surface area contributed by atoms with Gasteiger partial charge in [-0.2, -0.15) is 0 Å². The molecule has 1 saturated carbocycles. The highest BCUT2D eigenvalue weighted by Crippen LogP contribution is 2.43. The Labute approximate surface area is 213 Å². The van der Waals surface area contributed by atoms with E-state index in [4.69, 9.17) is 27.1 Å². The Balaban J connectivity index is 1.40. The second-order valence-electron chi connectivity index (χ2n) is 10.3. The van der Waals surface area contributed by atoms with Crippen LogP contribution < -0.4 is 20.3 Å². The molecule has 4 aliphatic rings. The number of amides is 4. The molecule has 11 heteroatoms. The number of urea groups is 1. The first kappa shape index (κ1) is 23.1. The third kappa shape index (κ3) is 3.45. The first-order chi connectivity index (χ1) is 17.3. The molecule has 3 fully saturated rings. The number of imidazole rings is 1. The van der Waals surface area contributed by atoms with E-state index in [1.807, 2.05) is 41.5 Å². The number of anilines is 2. The summed E-state index contributed by atoms with van der Waals surface area (Å²) >= 11 is 6.84. The fraction of sp³-hybridized carbons (Fsp3) is 0.520. The molecule has 1 aromatic heterocycles. The van der Waals surface area contributed by atoms with Crippen molar-refractivity contribution in [2.75, 3.05) is 23.0 Å². The van der Waals surface area contributed by atoms with E-state index in [0.717, 1.165) is 43.5 Å². The number of imide groups is 1. The molecule has 0 spiro atoms. The van der Waals surface area contributed by atoms with Gasteiger partial charge in [0.05, 0.1) is 12.1 Å². The molecule has 0 radical (unpaired) electrons. The number of nitrogens with zero attached hydrogens (tertiary/aromatic N) is 5. The molecule has 4 amide bonds. The molecular formula is C25H29ClN6O4. The zero-order valence-corrected chi connectivity index (χ0v) is 21.1. The summed E-state index contributed by atoms with van der Waals surface area (Å²) in [5, 5.41) is 0.309. The highest BCUT2D eigenvalue weighted by Gasteiger charge is 2.53. The molecule has 1 unspecified atom stereocenters. The van der Waals surface area contributed by atoms with E-state index in [2.05, 4.69) is 0 Å². The van der Waals surface area contributed by atoms with Crippen LogP contribution in [0.2, 0.25) is 5.15 Å². The quantitative estimate of drug-likeness (QED) is 0.616. The molecule has 36 heavy (non-hydrogen) atoms. The number of primary amides is 1. The highest BCUT2D eigenvalue weighted by molar-refractivity contribution is 6.33. The van der Waals surface area contributed by atoms with Gasteiger partial charge >= 0.3 is 6.03 Å². The van der Waals surface area contributed by atoms with Crippen molar-refractivity contribution < 1.29 is 19.1 Å². The number of ether oxygens (including phenoxy) is 1. The van der Waals surface area contributed by atoms with Gasteiger partial charge in [-0.3, -0.25) is 19.4 Å². The normalized spacial score (nSPS) is 23.7. The number of hydrogen-bond acceptors (Lipinski definition) is 6. The maximum absolute atomic E-state index is 13.4. The Morgan fingerprint density at radius 2 is 1.94 bits per heavy atom. The lowest BCUT2D eigenvalue weighted by molar-refractivity contribution is -0.128. The fourth-order valence-corrected chi connectivity index (χ4v) is 5.95. The molecule has 2 atom stereocenters. The topological polar surface area (TPSA) is 114 Å². The lowest BCUT2D eigenvalue weighted by Crippen LogP contribution is -2.40. The Hall–Kier alpha value is -3.27. The molecule has 0 bridgehead atoms. The van der Waals surface area contributed by atoms with E-state index in [0.29, 0.717) is 35.7 Å². The van der Waals surface area contributed by atoms with Crippen molar-refractivity contribution in [2.45, 2.75) is 64.2 Å². The van der Waals surface area contributed by atoms with Gasteiger partial charge in [-0.1, -0.05) is 25.4 Å². The van der Waals surface area contributed by atoms with E-state index in [9.17, 15) is 14.4 Å². The van der Waals surface area contributed by atoms with Crippen LogP contribution in [0.15, 0.2) is 18.2 Å². The second-order valence-corrected chi connectivity index (χ2v) is 10.6.